The standard InChI is InChI=1S/C31H35N5O3/c37-31(33-21-3-1-4-21)34-22-9-7-20(8-10-22)30-29(27-13-16-32-35-27)26-12-11-25(39-24-14-17-38-18-15-24)19-28(26)36(30)23-5-2-6-23/h7-13,16,19,21,23-24H,1-6,14-15,17-18H2,(H,32,35)(H2,33,34,37). The number of hydrogen-bond acceptors (Lipinski definition) is 4. The number of hydrogen-bond donors (Lipinski definition) is 3. The van der Waals surface area contributed by atoms with Gasteiger partial charge < -0.3 is 24.7 Å². The summed E-state index contributed by atoms with van der Waals surface area (Å²) in [7, 11) is 0. The van der Waals surface area contributed by atoms with E-state index in [2.05, 4.69) is 55.7 Å². The van der Waals surface area contributed by atoms with Gasteiger partial charge in [0.05, 0.1) is 30.1 Å². The zero-order valence-electron chi connectivity index (χ0n) is 22.1. The third-order valence-electron chi connectivity index (χ3n) is 8.51. The summed E-state index contributed by atoms with van der Waals surface area (Å²) < 4.78 is 14.5. The van der Waals surface area contributed by atoms with Gasteiger partial charge in [0, 0.05) is 53.8 Å². The van der Waals surface area contributed by atoms with Gasteiger partial charge in [0.15, 0.2) is 0 Å². The Morgan fingerprint density at radius 1 is 0.974 bits per heavy atom. The lowest BCUT2D eigenvalue weighted by molar-refractivity contribution is 0.0256. The van der Waals surface area contributed by atoms with Gasteiger partial charge >= 0.3 is 6.03 Å². The molecular formula is C31H35N5O3. The number of rotatable bonds is 7. The van der Waals surface area contributed by atoms with E-state index in [0.717, 1.165) is 80.0 Å². The highest BCUT2D eigenvalue weighted by Gasteiger charge is 2.29. The summed E-state index contributed by atoms with van der Waals surface area (Å²) in [6, 6.07) is 17.4. The maximum absolute atomic E-state index is 12.4. The number of nitrogens with one attached hydrogen (secondary N) is 3. The van der Waals surface area contributed by atoms with Crippen molar-refractivity contribution in [3.63, 3.8) is 0 Å². The van der Waals surface area contributed by atoms with E-state index in [4.69, 9.17) is 9.47 Å². The molecule has 3 fully saturated rings. The molecule has 2 aromatic carbocycles. The van der Waals surface area contributed by atoms with Crippen molar-refractivity contribution in [1.29, 1.82) is 0 Å². The van der Waals surface area contributed by atoms with Crippen LogP contribution in [0.2, 0.25) is 0 Å². The van der Waals surface area contributed by atoms with Crippen LogP contribution in [0.4, 0.5) is 10.5 Å². The molecule has 1 saturated heterocycles. The van der Waals surface area contributed by atoms with Crippen molar-refractivity contribution in [3.05, 3.63) is 54.7 Å². The summed E-state index contributed by atoms with van der Waals surface area (Å²) in [6.45, 7) is 1.51. The number of anilines is 1. The first-order valence-corrected chi connectivity index (χ1v) is 14.3. The number of amides is 2. The Balaban J connectivity index is 1.28. The van der Waals surface area contributed by atoms with E-state index in [1.165, 1.54) is 29.4 Å². The minimum absolute atomic E-state index is 0.133. The highest BCUT2D eigenvalue weighted by atomic mass is 16.5. The molecule has 2 amide bonds. The SMILES string of the molecule is O=C(Nc1ccc(-c2c(-c3ccn[nH]3)c3ccc(OC4CCOCC4)cc3n2C2CCC2)cc1)NC1CCC1. The minimum atomic E-state index is -0.133. The molecule has 202 valence electrons. The predicted molar refractivity (Wildman–Crippen MR) is 152 cm³/mol. The molecule has 0 radical (unpaired) electrons. The van der Waals surface area contributed by atoms with Crippen LogP contribution in [-0.2, 0) is 4.74 Å². The average Bonchev–Trinajstić information content (AvgIpc) is 3.53. The molecule has 3 N–H and O–H groups in total. The average molecular weight is 526 g/mol. The molecule has 0 atom stereocenters. The monoisotopic (exact) mass is 525 g/mol. The van der Waals surface area contributed by atoms with Crippen LogP contribution in [0.5, 0.6) is 5.75 Å². The summed E-state index contributed by atoms with van der Waals surface area (Å²) in [5, 5.41) is 14.7. The maximum atomic E-state index is 12.4. The third-order valence-corrected chi connectivity index (χ3v) is 8.51. The van der Waals surface area contributed by atoms with Crippen molar-refractivity contribution >= 4 is 22.6 Å². The van der Waals surface area contributed by atoms with Crippen LogP contribution in [0.15, 0.2) is 54.7 Å². The van der Waals surface area contributed by atoms with Crippen molar-refractivity contribution in [1.82, 2.24) is 20.1 Å². The number of fused-ring (bicyclic) bond motifs is 1. The van der Waals surface area contributed by atoms with Gasteiger partial charge in [0.1, 0.15) is 11.9 Å². The Morgan fingerprint density at radius 3 is 2.44 bits per heavy atom. The second kappa shape index (κ2) is 10.4. The lowest BCUT2D eigenvalue weighted by Crippen LogP contribution is -2.41. The fourth-order valence-electron chi connectivity index (χ4n) is 5.94. The van der Waals surface area contributed by atoms with Gasteiger partial charge in [0.25, 0.3) is 0 Å². The van der Waals surface area contributed by atoms with E-state index in [0.29, 0.717) is 12.1 Å². The quantitative estimate of drug-likeness (QED) is 0.252. The number of H-pyrrole nitrogens is 1. The first-order valence-electron chi connectivity index (χ1n) is 14.3. The molecule has 3 aliphatic rings. The fourth-order valence-corrected chi connectivity index (χ4v) is 5.94. The highest BCUT2D eigenvalue weighted by Crippen LogP contribution is 2.47. The van der Waals surface area contributed by atoms with Crippen molar-refractivity contribution in [2.75, 3.05) is 18.5 Å². The Hall–Kier alpha value is -3.78. The third kappa shape index (κ3) is 4.78. The van der Waals surface area contributed by atoms with Crippen LogP contribution >= 0.6 is 0 Å². The molecule has 8 heteroatoms. The Labute approximate surface area is 228 Å². The molecule has 2 saturated carbocycles. The summed E-state index contributed by atoms with van der Waals surface area (Å²) >= 11 is 0. The van der Waals surface area contributed by atoms with Crippen LogP contribution in [0, 0.1) is 0 Å². The number of benzene rings is 2. The first-order chi connectivity index (χ1) is 19.2. The molecule has 2 aliphatic carbocycles. The molecule has 0 bridgehead atoms. The summed E-state index contributed by atoms with van der Waals surface area (Å²) in [5.74, 6) is 0.909. The number of aromatic nitrogens is 3. The zero-order valence-corrected chi connectivity index (χ0v) is 22.1. The first kappa shape index (κ1) is 24.3. The number of aromatic amines is 1. The highest BCUT2D eigenvalue weighted by molar-refractivity contribution is 6.04. The molecule has 3 heterocycles. The Kier molecular flexibility index (Phi) is 6.48. The summed E-state index contributed by atoms with van der Waals surface area (Å²) in [5.41, 5.74) is 6.40. The van der Waals surface area contributed by atoms with E-state index in [1.807, 2.05) is 24.4 Å². The lowest BCUT2D eigenvalue weighted by Gasteiger charge is -2.30. The molecule has 0 spiro atoms. The van der Waals surface area contributed by atoms with Gasteiger partial charge in [-0.3, -0.25) is 5.10 Å². The van der Waals surface area contributed by atoms with Crippen LogP contribution < -0.4 is 15.4 Å². The molecule has 7 rings (SSSR count). The normalized spacial score (nSPS) is 18.5. The van der Waals surface area contributed by atoms with E-state index in [1.54, 1.807) is 0 Å². The molecule has 4 aromatic rings. The Morgan fingerprint density at radius 2 is 1.77 bits per heavy atom. The van der Waals surface area contributed by atoms with Crippen molar-refractivity contribution in [3.8, 4) is 28.3 Å². The Bertz CT molecular complexity index is 1450. The van der Waals surface area contributed by atoms with Gasteiger partial charge in [-0.05, 0) is 74.4 Å². The number of ether oxygens (including phenoxy) is 2. The molecule has 2 aromatic heterocycles. The van der Waals surface area contributed by atoms with Crippen LogP contribution in [0.3, 0.4) is 0 Å². The fraction of sp³-hybridized carbons (Fsp3) is 0.419. The van der Waals surface area contributed by atoms with Crippen LogP contribution in [0.25, 0.3) is 33.4 Å². The van der Waals surface area contributed by atoms with Crippen molar-refractivity contribution in [2.24, 2.45) is 0 Å². The van der Waals surface area contributed by atoms with Crippen molar-refractivity contribution < 1.29 is 14.3 Å². The number of nitrogens with zero attached hydrogens (tertiary/aromatic N) is 2. The van der Waals surface area contributed by atoms with Gasteiger partial charge in [-0.25, -0.2) is 4.79 Å². The van der Waals surface area contributed by atoms with Gasteiger partial charge in [-0.1, -0.05) is 12.1 Å². The van der Waals surface area contributed by atoms with Crippen LogP contribution in [-0.4, -0.2) is 46.2 Å². The lowest BCUT2D eigenvalue weighted by atomic mass is 9.92. The van der Waals surface area contributed by atoms with Gasteiger partial charge in [-0.15, -0.1) is 0 Å². The molecule has 1 aliphatic heterocycles. The summed E-state index contributed by atoms with van der Waals surface area (Å²) in [4.78, 5) is 12.4. The maximum Gasteiger partial charge on any atom is 0.319 e. The number of urea groups is 1. The largest absolute Gasteiger partial charge is 0.490 e. The van der Waals surface area contributed by atoms with Crippen LogP contribution in [0.1, 0.15) is 57.4 Å². The molecule has 0 unspecified atom stereocenters. The van der Waals surface area contributed by atoms with Crippen molar-refractivity contribution in [2.45, 2.75) is 69.6 Å². The smallest absolute Gasteiger partial charge is 0.319 e. The number of carbonyl (C=O) groups excluding carboxylic acids is 1. The zero-order chi connectivity index (χ0) is 26.2. The second-order valence-corrected chi connectivity index (χ2v) is 11.1. The number of carbonyl (C=O) groups is 1. The molecule has 8 nitrogen and oxygen atoms in total. The molecule has 39 heavy (non-hydrogen) atoms. The second-order valence-electron chi connectivity index (χ2n) is 11.1. The van der Waals surface area contributed by atoms with E-state index >= 15 is 0 Å². The van der Waals surface area contributed by atoms with E-state index < -0.39 is 0 Å². The van der Waals surface area contributed by atoms with E-state index in [9.17, 15) is 4.79 Å². The summed E-state index contributed by atoms with van der Waals surface area (Å²) in [6.07, 6.45) is 10.7. The molecular weight excluding hydrogens is 490 g/mol. The minimum Gasteiger partial charge on any atom is -0.490 e. The van der Waals surface area contributed by atoms with E-state index in [-0.39, 0.29) is 12.1 Å². The van der Waals surface area contributed by atoms with Gasteiger partial charge in [0.2, 0.25) is 0 Å². The van der Waals surface area contributed by atoms with Gasteiger partial charge in [-0.2, -0.15) is 5.10 Å². The topological polar surface area (TPSA) is 93.2 Å². The predicted octanol–water partition coefficient (Wildman–Crippen LogP) is 6.66.